The molecule has 4 rings (SSSR count). The van der Waals surface area contributed by atoms with Crippen LogP contribution in [0.15, 0.2) is 60.8 Å². The summed E-state index contributed by atoms with van der Waals surface area (Å²) in [7, 11) is 0. The summed E-state index contributed by atoms with van der Waals surface area (Å²) in [6.07, 6.45) is -2.82. The Bertz CT molecular complexity index is 1400. The van der Waals surface area contributed by atoms with Gasteiger partial charge in [0.15, 0.2) is 5.65 Å². The smallest absolute Gasteiger partial charge is 0.416 e. The van der Waals surface area contributed by atoms with Crippen LogP contribution in [0.4, 0.5) is 17.6 Å². The van der Waals surface area contributed by atoms with Crippen LogP contribution in [0, 0.1) is 5.82 Å². The van der Waals surface area contributed by atoms with Gasteiger partial charge in [-0.05, 0) is 61.7 Å². The molecule has 1 unspecified atom stereocenters. The number of alkyl halides is 4. The predicted molar refractivity (Wildman–Crippen MR) is 130 cm³/mol. The molecule has 36 heavy (non-hydrogen) atoms. The molecule has 0 aliphatic heterocycles. The fourth-order valence-corrected chi connectivity index (χ4v) is 4.63. The van der Waals surface area contributed by atoms with Gasteiger partial charge in [0.2, 0.25) is 0 Å². The molecule has 0 spiro atoms. The van der Waals surface area contributed by atoms with Gasteiger partial charge in [0.05, 0.1) is 29.1 Å². The molecule has 0 saturated carbocycles. The average Bonchev–Trinajstić information content (AvgIpc) is 3.22. The third-order valence-electron chi connectivity index (χ3n) is 5.96. The number of nitrogens with zero attached hydrogens (tertiary/aromatic N) is 3. The van der Waals surface area contributed by atoms with E-state index in [1.165, 1.54) is 35.0 Å². The van der Waals surface area contributed by atoms with Crippen LogP contribution in [0.5, 0.6) is 0 Å². The average molecular weight is 564 g/mol. The molecule has 0 N–H and O–H groups in total. The van der Waals surface area contributed by atoms with Crippen molar-refractivity contribution >= 4 is 27.5 Å². The Balaban J connectivity index is 1.90. The van der Waals surface area contributed by atoms with Gasteiger partial charge < -0.3 is 4.74 Å². The normalized spacial score (nSPS) is 13.5. The zero-order valence-electron chi connectivity index (χ0n) is 19.4. The number of benzene rings is 2. The zero-order valence-corrected chi connectivity index (χ0v) is 21.0. The van der Waals surface area contributed by atoms with Gasteiger partial charge in [-0.15, -0.1) is 0 Å². The van der Waals surface area contributed by atoms with E-state index >= 15 is 0 Å². The number of carbonyl (C=O) groups excluding carboxylic acids is 1. The Hall–Kier alpha value is -3.27. The molecule has 0 radical (unpaired) electrons. The van der Waals surface area contributed by atoms with E-state index in [0.717, 1.165) is 12.1 Å². The maximum absolute atomic E-state index is 13.9. The van der Waals surface area contributed by atoms with Crippen molar-refractivity contribution in [1.29, 1.82) is 0 Å². The zero-order chi connectivity index (χ0) is 26.1. The molecule has 5 nitrogen and oxygen atoms in total. The molecule has 0 saturated heterocycles. The second-order valence-electron chi connectivity index (χ2n) is 8.46. The number of carbonyl (C=O) groups is 1. The molecule has 0 fully saturated rings. The summed E-state index contributed by atoms with van der Waals surface area (Å²) in [6, 6.07) is 12.4. The van der Waals surface area contributed by atoms with Gasteiger partial charge in [-0.2, -0.15) is 18.3 Å². The summed E-state index contributed by atoms with van der Waals surface area (Å²) in [5, 5.41) is 4.95. The van der Waals surface area contributed by atoms with Gasteiger partial charge in [0, 0.05) is 11.5 Å². The van der Waals surface area contributed by atoms with E-state index in [1.54, 1.807) is 32.0 Å². The fraction of sp³-hybridized carbons (Fsp3) is 0.269. The molecular weight excluding hydrogens is 542 g/mol. The van der Waals surface area contributed by atoms with Crippen LogP contribution in [-0.2, 0) is 32.9 Å². The lowest BCUT2D eigenvalue weighted by atomic mass is 9.80. The molecule has 1 atom stereocenters. The van der Waals surface area contributed by atoms with Gasteiger partial charge in [0.1, 0.15) is 11.2 Å². The van der Waals surface area contributed by atoms with Crippen LogP contribution in [-0.4, -0.2) is 27.2 Å². The maximum Gasteiger partial charge on any atom is 0.416 e. The number of fused-ring (bicyclic) bond motifs is 1. The quantitative estimate of drug-likeness (QED) is 0.146. The third-order valence-corrected chi connectivity index (χ3v) is 6.49. The third kappa shape index (κ3) is 4.86. The lowest BCUT2D eigenvalue weighted by Crippen LogP contribution is -2.38. The summed E-state index contributed by atoms with van der Waals surface area (Å²) < 4.78 is 60.1. The molecule has 188 valence electrons. The van der Waals surface area contributed by atoms with Crippen LogP contribution >= 0.6 is 15.9 Å². The Kier molecular flexibility index (Phi) is 7.17. The minimum Gasteiger partial charge on any atom is -0.465 e. The van der Waals surface area contributed by atoms with Gasteiger partial charge in [0.25, 0.3) is 0 Å². The topological polar surface area (TPSA) is 56.5 Å². The summed E-state index contributed by atoms with van der Waals surface area (Å²) in [6.45, 7) is 3.54. The largest absolute Gasteiger partial charge is 0.465 e. The van der Waals surface area contributed by atoms with Crippen molar-refractivity contribution in [2.75, 3.05) is 6.61 Å². The first-order chi connectivity index (χ1) is 17.1. The molecule has 2 heterocycles. The van der Waals surface area contributed by atoms with Gasteiger partial charge >= 0.3 is 12.1 Å². The van der Waals surface area contributed by atoms with E-state index in [-0.39, 0.29) is 13.0 Å². The fourth-order valence-electron chi connectivity index (χ4n) is 4.23. The van der Waals surface area contributed by atoms with Gasteiger partial charge in [-0.1, -0.05) is 40.2 Å². The van der Waals surface area contributed by atoms with Crippen molar-refractivity contribution in [2.45, 2.75) is 37.2 Å². The molecule has 0 amide bonds. The van der Waals surface area contributed by atoms with Crippen LogP contribution in [0.2, 0.25) is 0 Å². The van der Waals surface area contributed by atoms with Gasteiger partial charge in [-0.25, -0.2) is 13.9 Å². The van der Waals surface area contributed by atoms with E-state index in [0.29, 0.717) is 39.1 Å². The number of hydrogen-bond acceptors (Lipinski definition) is 4. The van der Waals surface area contributed by atoms with Crippen molar-refractivity contribution in [3.63, 3.8) is 0 Å². The first-order valence-corrected chi connectivity index (χ1v) is 12.2. The first-order valence-electron chi connectivity index (χ1n) is 11.1. The van der Waals surface area contributed by atoms with Crippen molar-refractivity contribution in [1.82, 2.24) is 14.6 Å². The first kappa shape index (κ1) is 25.8. The molecule has 0 aliphatic rings. The van der Waals surface area contributed by atoms with Crippen LogP contribution in [0.25, 0.3) is 16.8 Å². The maximum atomic E-state index is 13.9. The summed E-state index contributed by atoms with van der Waals surface area (Å²) in [5.74, 6) is -0.947. The lowest BCUT2D eigenvalue weighted by Gasteiger charge is -2.28. The Morgan fingerprint density at radius 2 is 1.83 bits per heavy atom. The monoisotopic (exact) mass is 563 g/mol. The predicted octanol–water partition coefficient (Wildman–Crippen LogP) is 6.51. The number of aromatic nitrogens is 3. The van der Waals surface area contributed by atoms with E-state index in [1.807, 2.05) is 0 Å². The minimum atomic E-state index is -4.46. The Labute approximate surface area is 213 Å². The number of esters is 1. The van der Waals surface area contributed by atoms with Gasteiger partial charge in [-0.3, -0.25) is 4.79 Å². The summed E-state index contributed by atoms with van der Waals surface area (Å²) in [5.41, 5.74) is 0.962. The van der Waals surface area contributed by atoms with E-state index in [4.69, 9.17) is 4.74 Å². The number of hydrogen-bond donors (Lipinski definition) is 0. The number of rotatable bonds is 7. The molecule has 0 aliphatic carbocycles. The number of ether oxygens (including phenoxy) is 1. The highest BCUT2D eigenvalue weighted by atomic mass is 79.9. The molecule has 4 aromatic rings. The minimum absolute atomic E-state index is 0.127. The standard InChI is InChI=1S/C26H22BrF4N3O2/c1-3-36-24(35)25(2,14-16-5-4-6-19(28)13-16)21-11-12-32-23-22(20(15-27)33-34(21)23)17-7-9-18(10-8-17)26(29,30)31/h4-13H,3,14-15H2,1-2H3. The molecule has 2 aromatic carbocycles. The second kappa shape index (κ2) is 10.0. The SMILES string of the molecule is CCOC(=O)C(C)(Cc1cccc(F)c1)c1ccnc2c(-c3ccc(C(F)(F)F)cc3)c(CBr)nn12. The van der Waals surface area contributed by atoms with Crippen LogP contribution in [0.3, 0.4) is 0 Å². The van der Waals surface area contributed by atoms with Crippen LogP contribution in [0.1, 0.15) is 36.4 Å². The van der Waals surface area contributed by atoms with Crippen molar-refractivity contribution in [3.8, 4) is 11.1 Å². The lowest BCUT2D eigenvalue weighted by molar-refractivity contribution is -0.149. The summed E-state index contributed by atoms with van der Waals surface area (Å²) in [4.78, 5) is 17.7. The van der Waals surface area contributed by atoms with E-state index in [9.17, 15) is 22.4 Å². The van der Waals surface area contributed by atoms with E-state index in [2.05, 4.69) is 26.0 Å². The van der Waals surface area contributed by atoms with Crippen molar-refractivity contribution in [2.24, 2.45) is 0 Å². The Morgan fingerprint density at radius 1 is 1.11 bits per heavy atom. The van der Waals surface area contributed by atoms with Crippen molar-refractivity contribution < 1.29 is 27.1 Å². The second-order valence-corrected chi connectivity index (χ2v) is 9.02. The van der Waals surface area contributed by atoms with E-state index < -0.39 is 28.9 Å². The summed E-state index contributed by atoms with van der Waals surface area (Å²) >= 11 is 3.40. The Morgan fingerprint density at radius 3 is 2.44 bits per heavy atom. The molecule has 0 bridgehead atoms. The van der Waals surface area contributed by atoms with Crippen LogP contribution < -0.4 is 0 Å². The molecule has 10 heteroatoms. The highest BCUT2D eigenvalue weighted by Gasteiger charge is 2.40. The highest BCUT2D eigenvalue weighted by molar-refractivity contribution is 9.08. The molecular formula is C26H22BrF4N3O2. The highest BCUT2D eigenvalue weighted by Crippen LogP contribution is 2.36. The molecule has 2 aromatic heterocycles. The number of halogens is 5. The van der Waals surface area contributed by atoms with Crippen molar-refractivity contribution in [3.05, 3.63) is 89.1 Å².